The maximum absolute atomic E-state index is 15.3. The van der Waals surface area contributed by atoms with Gasteiger partial charge in [0, 0.05) is 100 Å². The summed E-state index contributed by atoms with van der Waals surface area (Å²) in [5.41, 5.74) is -17.4. The summed E-state index contributed by atoms with van der Waals surface area (Å²) in [5.74, 6) is -12.7. The third-order valence-electron chi connectivity index (χ3n) is 31.0. The summed E-state index contributed by atoms with van der Waals surface area (Å²) in [7, 11) is 0. The Morgan fingerprint density at radius 3 is 1.01 bits per heavy atom. The third kappa shape index (κ3) is 15.9. The molecular weight excluding hydrogens is 1840 g/mol. The standard InChI is InChI=1S/C33H40O10S2.C31H38O11.C31H38O10.CH3I/c1-16-21(36)14-33(39)27(42-28(38)19-11-9-8-10-12-19)25-31(6,26(37)24(41-17(2)34)23(16)30(33,4)5)20(29(44)45-7)13-22-32(25,15-40-22)43-18(3)35;1-15-19(34)13-31(38)26(41-27(37)18-10-8-7-9-11-18)24-29(6,20(35)12-21-30(24,14-39-21)42-17(3)33)25(36)23(40-16(2)32)22(15)28(31,4)5;1-16-20(34)14-31(37)26(40-27(36)19-10-8-7-9-11-19)24-29(6,13-12-21-30(24,15-38-21)41-18(3)33)25(35)23(39-17(2)32)22(16)28(31,4)5;1-2/h8-12,20-22,24-25,27,36,39H,13-15H2,1-7H3;7-11,19-21,23-24,26,34-35,38H,12-14H2,1-6H3;7-11,20-21,23-24,26,34,37H,12-15H2,1-6H3;1H3/t20-,21?,22-,24-,25+,27+,31-,32+,33-;19?,20-,21+,23+,24-,26-,29+,30-,31+;20?,21-,23-,24+,26+,29-,30+,31-;/m101./s1. The Morgan fingerprint density at radius 2 is 0.708 bits per heavy atom. The number of ketones is 3. The van der Waals surface area contributed by atoms with Crippen LogP contribution < -0.4 is 0 Å². The summed E-state index contributed by atoms with van der Waals surface area (Å²) < 4.78 is 72.0. The first-order valence-electron chi connectivity index (χ1n) is 43.4. The molecule has 130 heavy (non-hydrogen) atoms. The number of carbonyl (C=O) groups is 12. The molecule has 6 saturated carbocycles. The fourth-order valence-corrected chi connectivity index (χ4v) is 25.2. The number of Topliss-reactive ketones (excluding diaryl/α,β-unsaturated/α-hetero) is 3. The van der Waals surface area contributed by atoms with Gasteiger partial charge in [0.1, 0.15) is 53.4 Å². The molecule has 26 atom stereocenters. The van der Waals surface area contributed by atoms with Gasteiger partial charge in [0.15, 0.2) is 52.5 Å². The van der Waals surface area contributed by atoms with Crippen LogP contribution in [0.4, 0.5) is 0 Å². The molecule has 31 nitrogen and oxygen atoms in total. The number of rotatable bonds is 13. The number of carbonyl (C=O) groups excluding carboxylic acids is 12. The Labute approximate surface area is 777 Å². The number of halogens is 1. The van der Waals surface area contributed by atoms with Gasteiger partial charge in [-0.15, -0.1) is 11.8 Å². The minimum Gasteiger partial charge on any atom is -0.455 e. The van der Waals surface area contributed by atoms with Crippen LogP contribution in [0.3, 0.4) is 0 Å². The molecule has 3 heterocycles. The molecule has 708 valence electrons. The molecule has 3 aromatic rings. The van der Waals surface area contributed by atoms with Crippen molar-refractivity contribution < 1.29 is 150 Å². The second kappa shape index (κ2) is 36.3. The van der Waals surface area contributed by atoms with Crippen LogP contribution >= 0.6 is 46.6 Å². The first kappa shape index (κ1) is 101. The molecular formula is C96H119IO31S2. The van der Waals surface area contributed by atoms with Gasteiger partial charge in [-0.1, -0.05) is 145 Å². The predicted octanol–water partition coefficient (Wildman–Crippen LogP) is 8.98. The molecule has 3 saturated heterocycles. The Morgan fingerprint density at radius 1 is 0.415 bits per heavy atom. The largest absolute Gasteiger partial charge is 0.455 e. The van der Waals surface area contributed by atoms with Crippen molar-refractivity contribution in [1.29, 1.82) is 0 Å². The second-order valence-electron chi connectivity index (χ2n) is 38.8. The molecule has 0 amide bonds. The zero-order valence-electron chi connectivity index (χ0n) is 76.7. The van der Waals surface area contributed by atoms with Crippen LogP contribution in [-0.4, -0.2) is 255 Å². The smallest absolute Gasteiger partial charge is 0.338 e. The van der Waals surface area contributed by atoms with Gasteiger partial charge in [0.05, 0.1) is 88.3 Å². The molecule has 3 aromatic carbocycles. The van der Waals surface area contributed by atoms with E-state index in [2.05, 4.69) is 22.6 Å². The monoisotopic (exact) mass is 1960 g/mol. The minimum atomic E-state index is -2.11. The van der Waals surface area contributed by atoms with Crippen molar-refractivity contribution in [3.8, 4) is 0 Å². The molecule has 34 heteroatoms. The highest BCUT2D eigenvalue weighted by Crippen LogP contribution is 2.70. The highest BCUT2D eigenvalue weighted by molar-refractivity contribution is 14.1. The lowest BCUT2D eigenvalue weighted by Gasteiger charge is -2.68. The van der Waals surface area contributed by atoms with Gasteiger partial charge in [-0.25, -0.2) is 14.4 Å². The lowest BCUT2D eigenvalue weighted by molar-refractivity contribution is -0.345. The van der Waals surface area contributed by atoms with Crippen LogP contribution in [-0.2, 0) is 100.0 Å². The van der Waals surface area contributed by atoms with Gasteiger partial charge in [-0.2, -0.15) is 0 Å². The van der Waals surface area contributed by atoms with Crippen LogP contribution in [0.25, 0.3) is 0 Å². The maximum Gasteiger partial charge on any atom is 0.338 e. The molecule has 3 unspecified atom stereocenters. The summed E-state index contributed by atoms with van der Waals surface area (Å²) in [6.07, 6.45) is -15.0. The molecule has 12 aliphatic rings. The molecule has 9 fully saturated rings. The first-order valence-corrected chi connectivity index (χ1v) is 47.2. The topological polar surface area (TPSA) is 457 Å². The van der Waals surface area contributed by atoms with E-state index < -0.39 is 240 Å². The van der Waals surface area contributed by atoms with Crippen molar-refractivity contribution in [2.24, 2.45) is 56.2 Å². The van der Waals surface area contributed by atoms with E-state index in [1.807, 2.05) is 4.93 Å². The number of fused-ring (bicyclic) bond motifs is 15. The average Bonchev–Trinajstić information content (AvgIpc) is 0.674. The molecule has 3 aliphatic heterocycles. The van der Waals surface area contributed by atoms with Crippen LogP contribution in [0.1, 0.15) is 201 Å². The number of aliphatic hydroxyl groups is 7. The SMILES string of the molecule is CC(=O)O[C@H]1C(=O)[C@@]2(C)[C@H]([C@H](OC(=O)c3ccccc3)[C@]3(O)CC(O)C(C)=C1C3(C)C)[C@]1(OC(C)=O)CO[C@@H]1C[C@@H]2O.CC(=O)O[C@H]1C(=O)[C@]2(C)CC[C@H]3OC[C@@]3(OC(C)=O)[C@H]2[C@H](OC(=O)c2ccccc2)[C@]2(O)CC(O)C(C)=C1C2(C)C.CI.CSC(=S)[C@H]1C[C@H]2OC[C@@]2(OC(C)=O)[C@H]2[C@H](OC(=O)c3ccccc3)[C@]3(O)CC(O)C(C)=C([C@@H](OC(C)=O)C(=O)[C@]12C)C3(C)C. The zero-order chi connectivity index (χ0) is 96.4. The van der Waals surface area contributed by atoms with Gasteiger partial charge in [0.25, 0.3) is 0 Å². The van der Waals surface area contributed by atoms with E-state index in [0.29, 0.717) is 27.3 Å². The summed E-state index contributed by atoms with van der Waals surface area (Å²) in [4.78, 5) is 163. The maximum atomic E-state index is 15.3. The molecule has 6 bridgehead atoms. The van der Waals surface area contributed by atoms with Gasteiger partial charge < -0.3 is 92.6 Å². The fourth-order valence-electron chi connectivity index (χ4n) is 24.2. The van der Waals surface area contributed by atoms with Gasteiger partial charge >= 0.3 is 53.7 Å². The quantitative estimate of drug-likeness (QED) is 0.0209. The van der Waals surface area contributed by atoms with Crippen molar-refractivity contribution in [1.82, 2.24) is 0 Å². The molecule has 0 spiro atoms. The van der Waals surface area contributed by atoms with Gasteiger partial charge in [-0.05, 0) is 128 Å². The molecule has 9 aliphatic carbocycles. The van der Waals surface area contributed by atoms with Crippen molar-refractivity contribution in [3.05, 3.63) is 141 Å². The van der Waals surface area contributed by atoms with Gasteiger partial charge in [-0.3, -0.25) is 43.2 Å². The lowest BCUT2D eigenvalue weighted by atomic mass is 9.43. The zero-order valence-corrected chi connectivity index (χ0v) is 80.5. The second-order valence-corrected chi connectivity index (χ2v) is 40.3. The highest BCUT2D eigenvalue weighted by atomic mass is 127. The van der Waals surface area contributed by atoms with E-state index in [-0.39, 0.29) is 91.8 Å². The highest BCUT2D eigenvalue weighted by Gasteiger charge is 2.82. The first-order chi connectivity index (χ1) is 60.6. The van der Waals surface area contributed by atoms with Crippen LogP contribution in [0.2, 0.25) is 0 Å². The number of esters is 9. The van der Waals surface area contributed by atoms with E-state index in [0.717, 1.165) is 6.92 Å². The fraction of sp³-hybridized carbons (Fsp3) is 0.615. The Hall–Kier alpha value is -8.11. The molecule has 0 radical (unpaired) electrons. The van der Waals surface area contributed by atoms with Crippen molar-refractivity contribution in [2.45, 2.75) is 283 Å². The number of hydrogen-bond acceptors (Lipinski definition) is 33. The lowest BCUT2D eigenvalue weighted by Crippen LogP contribution is -2.81. The van der Waals surface area contributed by atoms with E-state index in [9.17, 15) is 88.5 Å². The van der Waals surface area contributed by atoms with Crippen LogP contribution in [0, 0.1) is 56.2 Å². The predicted molar refractivity (Wildman–Crippen MR) is 476 cm³/mol. The van der Waals surface area contributed by atoms with E-state index >= 15 is 4.79 Å². The minimum absolute atomic E-state index is 0.0802. The number of thiocarbonyl (C=S) groups is 1. The van der Waals surface area contributed by atoms with Crippen molar-refractivity contribution >= 4 is 122 Å². The van der Waals surface area contributed by atoms with Gasteiger partial charge in [0.2, 0.25) is 0 Å². The van der Waals surface area contributed by atoms with Crippen molar-refractivity contribution in [2.75, 3.05) is 31.0 Å². The van der Waals surface area contributed by atoms with Crippen LogP contribution in [0.5, 0.6) is 0 Å². The number of thioether (sulfide) groups is 1. The van der Waals surface area contributed by atoms with E-state index in [1.165, 1.54) is 65.4 Å². The molecule has 0 aromatic heterocycles. The van der Waals surface area contributed by atoms with E-state index in [1.54, 1.807) is 161 Å². The number of alkyl halides is 1. The number of hydrogen-bond donors (Lipinski definition) is 7. The number of ether oxygens (including phenoxy) is 12. The Bertz CT molecular complexity index is 5150. The molecule has 7 N–H and O–H groups in total. The summed E-state index contributed by atoms with van der Waals surface area (Å²) >= 11 is 9.27. The average molecular weight is 1960 g/mol. The normalized spacial score (nSPS) is 38.7. The third-order valence-corrected chi connectivity index (χ3v) is 32.5. The molecule has 15 rings (SSSR count). The number of aliphatic hydroxyl groups excluding tert-OH is 4. The summed E-state index contributed by atoms with van der Waals surface area (Å²) in [5, 5.41) is 84.5. The summed E-state index contributed by atoms with van der Waals surface area (Å²) in [6, 6.07) is 24.5. The summed E-state index contributed by atoms with van der Waals surface area (Å²) in [6.45, 7) is 26.4. The Kier molecular flexibility index (Phi) is 28.1. The Balaban J connectivity index is 0.000000175. The van der Waals surface area contributed by atoms with Crippen LogP contribution in [0.15, 0.2) is 124 Å². The van der Waals surface area contributed by atoms with Crippen molar-refractivity contribution in [3.63, 3.8) is 0 Å². The number of benzene rings is 3. The van der Waals surface area contributed by atoms with E-state index in [4.69, 9.17) is 69.1 Å².